The number of nitrogens with zero attached hydrogens (tertiary/aromatic N) is 2. The van der Waals surface area contributed by atoms with Gasteiger partial charge in [0.25, 0.3) is 0 Å². The van der Waals surface area contributed by atoms with Crippen LogP contribution in [0.1, 0.15) is 42.7 Å². The first-order valence-electron chi connectivity index (χ1n) is 9.10. The lowest BCUT2D eigenvalue weighted by molar-refractivity contribution is -0.137. The van der Waals surface area contributed by atoms with Crippen LogP contribution in [0.2, 0.25) is 0 Å². The summed E-state index contributed by atoms with van der Waals surface area (Å²) in [5.74, 6) is 0.246. The first-order valence-corrected chi connectivity index (χ1v) is 9.10. The fraction of sp³-hybridized carbons (Fsp3) is 0.400. The maximum Gasteiger partial charge on any atom is 0.416 e. The Morgan fingerprint density at radius 3 is 2.48 bits per heavy atom. The highest BCUT2D eigenvalue weighted by Gasteiger charge is 2.45. The SMILES string of the molecule is O=C(Nc1ccc(C(F)(F)F)cc1)N1C2CCC(c3cccnc3)C1CC2. The van der Waals surface area contributed by atoms with Crippen molar-refractivity contribution in [1.29, 1.82) is 0 Å². The highest BCUT2D eigenvalue weighted by molar-refractivity contribution is 5.90. The van der Waals surface area contributed by atoms with E-state index in [1.165, 1.54) is 12.1 Å². The number of amides is 2. The third kappa shape index (κ3) is 3.50. The summed E-state index contributed by atoms with van der Waals surface area (Å²) in [4.78, 5) is 18.9. The minimum atomic E-state index is -4.38. The summed E-state index contributed by atoms with van der Waals surface area (Å²) in [7, 11) is 0. The molecule has 2 amide bonds. The van der Waals surface area contributed by atoms with Crippen molar-refractivity contribution in [2.24, 2.45) is 0 Å². The lowest BCUT2D eigenvalue weighted by atomic mass is 9.85. The Morgan fingerprint density at radius 2 is 1.81 bits per heavy atom. The smallest absolute Gasteiger partial charge is 0.318 e. The van der Waals surface area contributed by atoms with Crippen LogP contribution >= 0.6 is 0 Å². The van der Waals surface area contributed by atoms with E-state index in [1.54, 1.807) is 6.20 Å². The van der Waals surface area contributed by atoms with Gasteiger partial charge in [-0.05, 0) is 61.6 Å². The van der Waals surface area contributed by atoms with Crippen LogP contribution in [0.3, 0.4) is 0 Å². The average Bonchev–Trinajstić information content (AvgIpc) is 2.95. The summed E-state index contributed by atoms with van der Waals surface area (Å²) >= 11 is 0. The van der Waals surface area contributed by atoms with Gasteiger partial charge in [0, 0.05) is 36.1 Å². The standard InChI is InChI=1S/C20H20F3N3O/c21-20(22,23)14-3-5-15(6-4-14)25-19(27)26-16-7-9-17(18(26)10-8-16)13-2-1-11-24-12-13/h1-6,11-12,16-18H,7-10H2,(H,25,27). The minimum Gasteiger partial charge on any atom is -0.318 e. The summed E-state index contributed by atoms with van der Waals surface area (Å²) < 4.78 is 38.1. The van der Waals surface area contributed by atoms with E-state index >= 15 is 0 Å². The monoisotopic (exact) mass is 375 g/mol. The van der Waals surface area contributed by atoms with Gasteiger partial charge in [-0.1, -0.05) is 6.07 Å². The number of pyridine rings is 1. The number of rotatable bonds is 2. The van der Waals surface area contributed by atoms with E-state index in [-0.39, 0.29) is 24.0 Å². The molecule has 1 N–H and O–H groups in total. The number of anilines is 1. The molecule has 0 aliphatic carbocycles. The van der Waals surface area contributed by atoms with Crippen molar-refractivity contribution >= 4 is 11.7 Å². The number of alkyl halides is 3. The summed E-state index contributed by atoms with van der Waals surface area (Å²) in [6.07, 6.45) is 3.05. The predicted molar refractivity (Wildman–Crippen MR) is 95.3 cm³/mol. The zero-order valence-corrected chi connectivity index (χ0v) is 14.6. The molecule has 0 spiro atoms. The highest BCUT2D eigenvalue weighted by atomic mass is 19.4. The topological polar surface area (TPSA) is 45.2 Å². The number of benzene rings is 1. The van der Waals surface area contributed by atoms with E-state index in [4.69, 9.17) is 0 Å². The minimum absolute atomic E-state index is 0.0994. The molecule has 7 heteroatoms. The van der Waals surface area contributed by atoms with Crippen LogP contribution < -0.4 is 5.32 Å². The zero-order chi connectivity index (χ0) is 19.0. The van der Waals surface area contributed by atoms with Crippen molar-refractivity contribution in [2.45, 2.75) is 49.9 Å². The van der Waals surface area contributed by atoms with Gasteiger partial charge in [0.05, 0.1) is 5.56 Å². The molecule has 1 aromatic carbocycles. The number of hydrogen-bond donors (Lipinski definition) is 1. The van der Waals surface area contributed by atoms with Gasteiger partial charge in [0.15, 0.2) is 0 Å². The van der Waals surface area contributed by atoms with E-state index < -0.39 is 11.7 Å². The summed E-state index contributed by atoms with van der Waals surface area (Å²) in [6, 6.07) is 8.56. The molecule has 2 saturated heterocycles. The summed E-state index contributed by atoms with van der Waals surface area (Å²) in [6.45, 7) is 0. The molecule has 2 fully saturated rings. The quantitative estimate of drug-likeness (QED) is 0.799. The van der Waals surface area contributed by atoms with Crippen molar-refractivity contribution in [3.63, 3.8) is 0 Å². The van der Waals surface area contributed by atoms with E-state index in [9.17, 15) is 18.0 Å². The second kappa shape index (κ2) is 6.87. The molecule has 2 aromatic rings. The first kappa shape index (κ1) is 17.8. The van der Waals surface area contributed by atoms with E-state index in [2.05, 4.69) is 10.3 Å². The fourth-order valence-corrected chi connectivity index (χ4v) is 4.39. The van der Waals surface area contributed by atoms with Crippen LogP contribution in [0.5, 0.6) is 0 Å². The van der Waals surface area contributed by atoms with Crippen molar-refractivity contribution in [1.82, 2.24) is 9.88 Å². The first-order chi connectivity index (χ1) is 12.9. The Bertz CT molecular complexity index is 807. The molecule has 2 aliphatic heterocycles. The maximum absolute atomic E-state index is 12.9. The normalized spacial score (nSPS) is 24.7. The third-order valence-corrected chi connectivity index (χ3v) is 5.63. The Morgan fingerprint density at radius 1 is 1.07 bits per heavy atom. The second-order valence-corrected chi connectivity index (χ2v) is 7.18. The van der Waals surface area contributed by atoms with Gasteiger partial charge in [-0.15, -0.1) is 0 Å². The van der Waals surface area contributed by atoms with Gasteiger partial charge in [-0.3, -0.25) is 4.98 Å². The number of nitrogens with one attached hydrogen (secondary N) is 1. The van der Waals surface area contributed by atoms with Crippen LogP contribution in [0.15, 0.2) is 48.8 Å². The Balaban J connectivity index is 1.50. The number of urea groups is 1. The molecule has 2 aliphatic rings. The Kier molecular flexibility index (Phi) is 4.53. The molecule has 3 unspecified atom stereocenters. The summed E-state index contributed by atoms with van der Waals surface area (Å²) in [5.41, 5.74) is 0.779. The van der Waals surface area contributed by atoms with Crippen LogP contribution in [0.25, 0.3) is 0 Å². The van der Waals surface area contributed by atoms with Crippen LogP contribution in [-0.2, 0) is 6.18 Å². The number of aromatic nitrogens is 1. The molecular weight excluding hydrogens is 355 g/mol. The Labute approximate surface area is 155 Å². The van der Waals surface area contributed by atoms with Gasteiger partial charge in [-0.25, -0.2) is 4.79 Å². The van der Waals surface area contributed by atoms with E-state index in [0.717, 1.165) is 43.4 Å². The molecule has 1 aromatic heterocycles. The lowest BCUT2D eigenvalue weighted by Gasteiger charge is -2.40. The third-order valence-electron chi connectivity index (χ3n) is 5.63. The largest absolute Gasteiger partial charge is 0.416 e. The lowest BCUT2D eigenvalue weighted by Crippen LogP contribution is -2.49. The summed E-state index contributed by atoms with van der Waals surface area (Å²) in [5, 5.41) is 2.77. The van der Waals surface area contributed by atoms with Gasteiger partial charge in [-0.2, -0.15) is 13.2 Å². The molecule has 0 saturated carbocycles. The van der Waals surface area contributed by atoms with Crippen molar-refractivity contribution in [3.05, 3.63) is 59.9 Å². The number of carbonyl (C=O) groups excluding carboxylic acids is 1. The molecule has 4 nitrogen and oxygen atoms in total. The molecule has 3 heterocycles. The van der Waals surface area contributed by atoms with Gasteiger partial charge in [0.1, 0.15) is 0 Å². The molecule has 2 bridgehead atoms. The van der Waals surface area contributed by atoms with Crippen molar-refractivity contribution in [3.8, 4) is 0 Å². The predicted octanol–water partition coefficient (Wildman–Crippen LogP) is 5.04. The molecule has 4 rings (SSSR count). The van der Waals surface area contributed by atoms with Crippen LogP contribution in [-0.4, -0.2) is 28.0 Å². The second-order valence-electron chi connectivity index (χ2n) is 7.18. The molecule has 0 radical (unpaired) electrons. The number of hydrogen-bond acceptors (Lipinski definition) is 2. The molecular formula is C20H20F3N3O. The van der Waals surface area contributed by atoms with Crippen molar-refractivity contribution < 1.29 is 18.0 Å². The number of piperidine rings is 1. The number of halogens is 3. The van der Waals surface area contributed by atoms with Gasteiger partial charge in [0.2, 0.25) is 0 Å². The van der Waals surface area contributed by atoms with Crippen molar-refractivity contribution in [2.75, 3.05) is 5.32 Å². The van der Waals surface area contributed by atoms with E-state index in [0.29, 0.717) is 5.69 Å². The van der Waals surface area contributed by atoms with E-state index in [1.807, 2.05) is 23.2 Å². The zero-order valence-electron chi connectivity index (χ0n) is 14.6. The highest BCUT2D eigenvalue weighted by Crippen LogP contribution is 2.44. The molecule has 27 heavy (non-hydrogen) atoms. The average molecular weight is 375 g/mol. The van der Waals surface area contributed by atoms with Gasteiger partial charge < -0.3 is 10.2 Å². The molecule has 142 valence electrons. The fourth-order valence-electron chi connectivity index (χ4n) is 4.39. The number of carbonyl (C=O) groups is 1. The number of fused-ring (bicyclic) bond motifs is 2. The van der Waals surface area contributed by atoms with Crippen LogP contribution in [0, 0.1) is 0 Å². The van der Waals surface area contributed by atoms with Gasteiger partial charge >= 0.3 is 12.2 Å². The molecule has 3 atom stereocenters. The van der Waals surface area contributed by atoms with Crippen LogP contribution in [0.4, 0.5) is 23.7 Å². The maximum atomic E-state index is 12.9. The Hall–Kier alpha value is -2.57.